The van der Waals surface area contributed by atoms with Gasteiger partial charge in [0, 0.05) is 10.6 Å². The van der Waals surface area contributed by atoms with E-state index in [0.717, 1.165) is 48.5 Å². The summed E-state index contributed by atoms with van der Waals surface area (Å²) in [5.74, 6) is 0. The van der Waals surface area contributed by atoms with Crippen LogP contribution >= 0.6 is 8.15 Å². The van der Waals surface area contributed by atoms with E-state index in [2.05, 4.69) is 0 Å². The van der Waals surface area contributed by atoms with Crippen LogP contribution in [0.3, 0.4) is 0 Å². The van der Waals surface area contributed by atoms with Crippen molar-refractivity contribution in [1.29, 1.82) is 0 Å². The predicted molar refractivity (Wildman–Crippen MR) is 71.3 cm³/mol. The second kappa shape index (κ2) is 5.89. The molecule has 0 aliphatic carbocycles. The van der Waals surface area contributed by atoms with E-state index >= 15 is 0 Å². The molecule has 1 N–H and O–H groups in total. The smallest absolute Gasteiger partial charge is 0.364 e. The van der Waals surface area contributed by atoms with Crippen molar-refractivity contribution in [2.75, 3.05) is 0 Å². The molecule has 0 heterocycles. The van der Waals surface area contributed by atoms with Gasteiger partial charge in [0.25, 0.3) is 0 Å². The maximum absolute atomic E-state index is 12.4. The summed E-state index contributed by atoms with van der Waals surface area (Å²) >= 11 is 0. The Bertz CT molecular complexity index is 573. The third-order valence-corrected chi connectivity index (χ3v) is 4.45. The zero-order valence-corrected chi connectivity index (χ0v) is 11.7. The van der Waals surface area contributed by atoms with E-state index in [4.69, 9.17) is 0 Å². The first-order chi connectivity index (χ1) is 10.1. The average Bonchev–Trinajstić information content (AvgIpc) is 2.45. The Morgan fingerprint density at radius 3 is 1.09 bits per heavy atom. The lowest BCUT2D eigenvalue weighted by Crippen LogP contribution is -2.14. The van der Waals surface area contributed by atoms with E-state index in [1.807, 2.05) is 0 Å². The van der Waals surface area contributed by atoms with E-state index < -0.39 is 31.6 Å². The molecule has 2 aromatic rings. The molecule has 2 aromatic carbocycles. The lowest BCUT2D eigenvalue weighted by atomic mass is 10.2. The molecular weight excluding hydrogens is 329 g/mol. The van der Waals surface area contributed by atoms with Crippen molar-refractivity contribution in [2.45, 2.75) is 12.4 Å². The summed E-state index contributed by atoms with van der Waals surface area (Å²) in [6.07, 6.45) is -8.96. The topological polar surface area (TPSA) is 20.2 Å². The molecule has 22 heavy (non-hydrogen) atoms. The highest BCUT2D eigenvalue weighted by molar-refractivity contribution is 7.67. The van der Waals surface area contributed by atoms with Crippen molar-refractivity contribution >= 4 is 18.8 Å². The van der Waals surface area contributed by atoms with Crippen LogP contribution in [0.1, 0.15) is 11.1 Å². The monoisotopic (exact) mass is 338 g/mol. The molecule has 1 nitrogen and oxygen atoms in total. The maximum Gasteiger partial charge on any atom is 0.416 e. The van der Waals surface area contributed by atoms with Crippen LogP contribution in [0.25, 0.3) is 0 Å². The molecule has 0 saturated carbocycles. The van der Waals surface area contributed by atoms with Crippen LogP contribution in [0.15, 0.2) is 48.5 Å². The Balaban J connectivity index is 2.23. The fourth-order valence-corrected chi connectivity index (χ4v) is 2.89. The Labute approximate surface area is 123 Å². The minimum Gasteiger partial charge on any atom is -0.364 e. The largest absolute Gasteiger partial charge is 0.416 e. The van der Waals surface area contributed by atoms with Gasteiger partial charge in [0.1, 0.15) is 0 Å². The van der Waals surface area contributed by atoms with Gasteiger partial charge in [-0.1, -0.05) is 24.3 Å². The summed E-state index contributed by atoms with van der Waals surface area (Å²) in [7, 11) is -2.00. The van der Waals surface area contributed by atoms with Crippen LogP contribution in [0.2, 0.25) is 0 Å². The second-order valence-corrected chi connectivity index (χ2v) is 6.06. The van der Waals surface area contributed by atoms with Crippen molar-refractivity contribution in [3.05, 3.63) is 59.7 Å². The number of hydrogen-bond donors (Lipinski definition) is 1. The highest BCUT2D eigenvalue weighted by atomic mass is 31.1. The molecule has 0 amide bonds. The van der Waals surface area contributed by atoms with E-state index in [-0.39, 0.29) is 10.6 Å². The van der Waals surface area contributed by atoms with Gasteiger partial charge >= 0.3 is 12.4 Å². The second-order valence-electron chi connectivity index (χ2n) is 4.40. The molecule has 0 spiro atoms. The van der Waals surface area contributed by atoms with Gasteiger partial charge in [-0.15, -0.1) is 0 Å². The summed E-state index contributed by atoms with van der Waals surface area (Å²) < 4.78 is 74.6. The van der Waals surface area contributed by atoms with Gasteiger partial charge in [0.05, 0.1) is 19.3 Å². The van der Waals surface area contributed by atoms with Crippen LogP contribution in [0.5, 0.6) is 0 Å². The van der Waals surface area contributed by atoms with Gasteiger partial charge in [0.15, 0.2) is 0 Å². The number of halogens is 6. The van der Waals surface area contributed by atoms with Crippen molar-refractivity contribution in [3.8, 4) is 0 Å². The minimum absolute atomic E-state index is 0.225. The third kappa shape index (κ3) is 3.78. The average molecular weight is 338 g/mol. The summed E-state index contributed by atoms with van der Waals surface area (Å²) in [5.41, 5.74) is -1.71. The molecular formula is C14H9F6OP. The molecule has 8 heteroatoms. The van der Waals surface area contributed by atoms with Crippen LogP contribution in [0, 0.1) is 0 Å². The molecule has 118 valence electrons. The van der Waals surface area contributed by atoms with E-state index in [9.17, 15) is 31.2 Å². The summed E-state index contributed by atoms with van der Waals surface area (Å²) in [6.45, 7) is 0. The summed E-state index contributed by atoms with van der Waals surface area (Å²) in [6, 6.07) is 7.77. The molecule has 0 atom stereocenters. The predicted octanol–water partition coefficient (Wildman–Crippen LogP) is 4.06. The molecule has 0 unspecified atom stereocenters. The van der Waals surface area contributed by atoms with Crippen LogP contribution < -0.4 is 10.6 Å². The Kier molecular flexibility index (Phi) is 4.49. The van der Waals surface area contributed by atoms with Gasteiger partial charge in [-0.3, -0.25) is 0 Å². The van der Waals surface area contributed by atoms with Gasteiger partial charge in [-0.2, -0.15) is 26.3 Å². The van der Waals surface area contributed by atoms with Gasteiger partial charge in [-0.05, 0) is 24.3 Å². The SMILES string of the molecule is OP(c1ccc(C(F)(F)F)cc1)c1ccc(C(F)(F)F)cc1. The highest BCUT2D eigenvalue weighted by Gasteiger charge is 2.31. The maximum atomic E-state index is 12.4. The van der Waals surface area contributed by atoms with Crippen LogP contribution in [-0.2, 0) is 12.4 Å². The molecule has 0 aliphatic rings. The van der Waals surface area contributed by atoms with E-state index in [1.54, 1.807) is 0 Å². The van der Waals surface area contributed by atoms with Crippen molar-refractivity contribution in [1.82, 2.24) is 0 Å². The van der Waals surface area contributed by atoms with Crippen molar-refractivity contribution in [3.63, 3.8) is 0 Å². The van der Waals surface area contributed by atoms with Crippen LogP contribution in [-0.4, -0.2) is 4.89 Å². The Hall–Kier alpha value is -1.59. The molecule has 2 rings (SSSR count). The van der Waals surface area contributed by atoms with Gasteiger partial charge < -0.3 is 4.89 Å². The van der Waals surface area contributed by atoms with Crippen molar-refractivity contribution in [2.24, 2.45) is 0 Å². The molecule has 0 aromatic heterocycles. The van der Waals surface area contributed by atoms with Gasteiger partial charge in [-0.25, -0.2) is 0 Å². The Morgan fingerprint density at radius 1 is 0.591 bits per heavy atom. The third-order valence-electron chi connectivity index (χ3n) is 2.88. The zero-order valence-electron chi connectivity index (χ0n) is 10.8. The number of hydrogen-bond acceptors (Lipinski definition) is 1. The number of rotatable bonds is 2. The first-order valence-electron chi connectivity index (χ1n) is 5.92. The standard InChI is InChI=1S/C14H9F6OP/c15-13(16,17)9-1-5-11(6-2-9)22(21)12-7-3-10(4-8-12)14(18,19)20/h1-8,21H. The summed E-state index contributed by atoms with van der Waals surface area (Å²) in [5, 5.41) is 0.450. The van der Waals surface area contributed by atoms with Gasteiger partial charge in [0.2, 0.25) is 0 Å². The van der Waals surface area contributed by atoms with Crippen molar-refractivity contribution < 1.29 is 31.2 Å². The lowest BCUT2D eigenvalue weighted by molar-refractivity contribution is -0.138. The molecule has 0 fully saturated rings. The molecule has 0 aliphatic heterocycles. The minimum atomic E-state index is -4.48. The Morgan fingerprint density at radius 2 is 0.864 bits per heavy atom. The number of alkyl halides is 6. The zero-order chi connectivity index (χ0) is 16.5. The van der Waals surface area contributed by atoms with E-state index in [1.165, 1.54) is 0 Å². The highest BCUT2D eigenvalue weighted by Crippen LogP contribution is 2.33. The fourth-order valence-electron chi connectivity index (χ4n) is 1.73. The lowest BCUT2D eigenvalue weighted by Gasteiger charge is -2.14. The normalized spacial score (nSPS) is 12.7. The molecule has 0 saturated heterocycles. The fraction of sp³-hybridized carbons (Fsp3) is 0.143. The molecule has 0 bridgehead atoms. The molecule has 0 radical (unpaired) electrons. The summed E-state index contributed by atoms with van der Waals surface area (Å²) in [4.78, 5) is 10.1. The first-order valence-corrected chi connectivity index (χ1v) is 7.22. The quantitative estimate of drug-likeness (QED) is 0.647. The van der Waals surface area contributed by atoms with Crippen LogP contribution in [0.4, 0.5) is 26.3 Å². The number of benzene rings is 2. The first kappa shape index (κ1) is 16.8. The van der Waals surface area contributed by atoms with E-state index in [0.29, 0.717) is 0 Å².